The molecule has 0 aliphatic carbocycles. The number of hydrogen-bond donors (Lipinski definition) is 1. The summed E-state index contributed by atoms with van der Waals surface area (Å²) in [4.78, 5) is 16.3. The van der Waals surface area contributed by atoms with E-state index < -0.39 is 17.5 Å². The van der Waals surface area contributed by atoms with E-state index in [2.05, 4.69) is 25.6 Å². The number of nitrogens with zero attached hydrogens (tertiary/aromatic N) is 5. The van der Waals surface area contributed by atoms with Crippen LogP contribution in [0.4, 0.5) is 14.5 Å². The van der Waals surface area contributed by atoms with Crippen molar-refractivity contribution in [3.05, 3.63) is 96.3 Å². The van der Waals surface area contributed by atoms with Crippen molar-refractivity contribution in [3.63, 3.8) is 0 Å². The van der Waals surface area contributed by atoms with Gasteiger partial charge in [-0.2, -0.15) is 9.61 Å². The molecule has 9 heteroatoms. The third-order valence-electron chi connectivity index (χ3n) is 4.82. The van der Waals surface area contributed by atoms with E-state index in [-0.39, 0.29) is 5.56 Å². The van der Waals surface area contributed by atoms with Crippen molar-refractivity contribution in [3.8, 4) is 22.6 Å². The monoisotopic (exact) mass is 428 g/mol. The Labute approximate surface area is 180 Å². The van der Waals surface area contributed by atoms with Gasteiger partial charge in [-0.3, -0.25) is 9.78 Å². The molecular weight excluding hydrogens is 414 g/mol. The Morgan fingerprint density at radius 3 is 2.38 bits per heavy atom. The normalized spacial score (nSPS) is 10.9. The maximum Gasteiger partial charge on any atom is 0.258 e. The molecule has 0 fully saturated rings. The second-order valence-electron chi connectivity index (χ2n) is 6.90. The van der Waals surface area contributed by atoms with Gasteiger partial charge in [-0.25, -0.2) is 8.78 Å². The maximum atomic E-state index is 13.8. The fraction of sp³-hybridized carbons (Fsp3) is 0. The van der Waals surface area contributed by atoms with Gasteiger partial charge in [-0.05, 0) is 48.5 Å². The molecule has 5 aromatic rings. The Kier molecular flexibility index (Phi) is 4.83. The van der Waals surface area contributed by atoms with Crippen molar-refractivity contribution in [2.45, 2.75) is 0 Å². The number of carbonyl (C=O) groups excluding carboxylic acids is 1. The van der Waals surface area contributed by atoms with Gasteiger partial charge in [0, 0.05) is 35.3 Å². The fourth-order valence-electron chi connectivity index (χ4n) is 3.22. The van der Waals surface area contributed by atoms with Crippen LogP contribution in [0.5, 0.6) is 0 Å². The highest BCUT2D eigenvalue weighted by molar-refractivity contribution is 6.04. The van der Waals surface area contributed by atoms with Crippen LogP contribution in [-0.2, 0) is 0 Å². The highest BCUT2D eigenvalue weighted by Crippen LogP contribution is 2.23. The molecule has 1 amide bonds. The summed E-state index contributed by atoms with van der Waals surface area (Å²) < 4.78 is 28.5. The summed E-state index contributed by atoms with van der Waals surface area (Å²) >= 11 is 0. The van der Waals surface area contributed by atoms with Crippen LogP contribution in [0.1, 0.15) is 10.4 Å². The lowest BCUT2D eigenvalue weighted by molar-refractivity contribution is 0.102. The van der Waals surface area contributed by atoms with E-state index in [1.165, 1.54) is 0 Å². The lowest BCUT2D eigenvalue weighted by Gasteiger charge is -2.08. The van der Waals surface area contributed by atoms with Gasteiger partial charge in [0.1, 0.15) is 11.6 Å². The van der Waals surface area contributed by atoms with Gasteiger partial charge < -0.3 is 5.32 Å². The molecule has 156 valence electrons. The quantitative estimate of drug-likeness (QED) is 0.459. The molecule has 7 nitrogen and oxygen atoms in total. The first kappa shape index (κ1) is 19.4. The van der Waals surface area contributed by atoms with Crippen molar-refractivity contribution < 1.29 is 13.6 Å². The van der Waals surface area contributed by atoms with Gasteiger partial charge >= 0.3 is 0 Å². The van der Waals surface area contributed by atoms with E-state index in [0.717, 1.165) is 23.3 Å². The first-order valence-corrected chi connectivity index (χ1v) is 9.58. The molecule has 0 saturated carbocycles. The zero-order valence-electron chi connectivity index (χ0n) is 16.4. The highest BCUT2D eigenvalue weighted by Gasteiger charge is 2.14. The molecule has 5 rings (SSSR count). The Morgan fingerprint density at radius 2 is 1.62 bits per heavy atom. The molecule has 0 atom stereocenters. The van der Waals surface area contributed by atoms with Crippen molar-refractivity contribution in [2.75, 3.05) is 5.32 Å². The summed E-state index contributed by atoms with van der Waals surface area (Å²) in [7, 11) is 0. The minimum absolute atomic E-state index is 0.237. The average Bonchev–Trinajstić information content (AvgIpc) is 3.23. The van der Waals surface area contributed by atoms with Crippen molar-refractivity contribution in [2.24, 2.45) is 0 Å². The third kappa shape index (κ3) is 3.67. The first-order valence-electron chi connectivity index (χ1n) is 9.58. The number of aromatic nitrogens is 5. The molecular formula is C23H14F2N6O. The number of hydrogen-bond acceptors (Lipinski definition) is 5. The summed E-state index contributed by atoms with van der Waals surface area (Å²) in [5.74, 6) is -1.74. The summed E-state index contributed by atoms with van der Waals surface area (Å²) in [5.41, 5.74) is 3.14. The van der Waals surface area contributed by atoms with Crippen molar-refractivity contribution >= 4 is 17.2 Å². The number of anilines is 1. The smallest absolute Gasteiger partial charge is 0.258 e. The van der Waals surface area contributed by atoms with Crippen LogP contribution in [0.3, 0.4) is 0 Å². The molecule has 3 heterocycles. The van der Waals surface area contributed by atoms with Gasteiger partial charge in [0.2, 0.25) is 0 Å². The SMILES string of the molecule is O=C(Nc1ccc(-c2ccc3nnc(-c4ccncc4)n3n2)cc1)c1ccc(F)cc1F. The Bertz CT molecular complexity index is 1430. The molecule has 0 spiro atoms. The van der Waals surface area contributed by atoms with Gasteiger partial charge in [0.05, 0.1) is 11.3 Å². The van der Waals surface area contributed by atoms with Crippen LogP contribution in [0.2, 0.25) is 0 Å². The van der Waals surface area contributed by atoms with Crippen molar-refractivity contribution in [1.82, 2.24) is 24.8 Å². The number of halogens is 2. The van der Waals surface area contributed by atoms with E-state index in [9.17, 15) is 13.6 Å². The molecule has 2 aromatic carbocycles. The molecule has 0 radical (unpaired) electrons. The summed E-state index contributed by atoms with van der Waals surface area (Å²) in [6.45, 7) is 0. The standard InChI is InChI=1S/C23H14F2N6O/c24-16-3-6-18(19(25)13-16)23(32)27-17-4-1-14(2-5-17)20-7-8-21-28-29-22(31(21)30-20)15-9-11-26-12-10-15/h1-13H,(H,27,32). The molecule has 0 aliphatic heterocycles. The predicted octanol–water partition coefficient (Wildman–Crippen LogP) is 4.38. The molecule has 3 aromatic heterocycles. The summed E-state index contributed by atoms with van der Waals surface area (Å²) in [6.07, 6.45) is 3.34. The number of benzene rings is 2. The Morgan fingerprint density at radius 1 is 0.844 bits per heavy atom. The van der Waals surface area contributed by atoms with Crippen LogP contribution < -0.4 is 5.32 Å². The maximum absolute atomic E-state index is 13.8. The molecule has 0 saturated heterocycles. The van der Waals surface area contributed by atoms with Crippen LogP contribution >= 0.6 is 0 Å². The Balaban J connectivity index is 1.41. The second-order valence-corrected chi connectivity index (χ2v) is 6.90. The van der Waals surface area contributed by atoms with Crippen LogP contribution in [0, 0.1) is 11.6 Å². The first-order chi connectivity index (χ1) is 15.6. The molecule has 1 N–H and O–H groups in total. The van der Waals surface area contributed by atoms with Crippen molar-refractivity contribution in [1.29, 1.82) is 0 Å². The van der Waals surface area contributed by atoms with Gasteiger partial charge in [0.25, 0.3) is 5.91 Å². The fourth-order valence-corrected chi connectivity index (χ4v) is 3.22. The number of nitrogens with one attached hydrogen (secondary N) is 1. The minimum Gasteiger partial charge on any atom is -0.322 e. The van der Waals surface area contributed by atoms with E-state index in [0.29, 0.717) is 28.9 Å². The van der Waals surface area contributed by atoms with E-state index >= 15 is 0 Å². The highest BCUT2D eigenvalue weighted by atomic mass is 19.1. The van der Waals surface area contributed by atoms with Crippen LogP contribution in [0.15, 0.2) is 79.1 Å². The molecule has 0 aliphatic rings. The third-order valence-corrected chi connectivity index (χ3v) is 4.82. The molecule has 32 heavy (non-hydrogen) atoms. The number of amides is 1. The largest absolute Gasteiger partial charge is 0.322 e. The minimum atomic E-state index is -0.921. The number of pyridine rings is 1. The topological polar surface area (TPSA) is 85.1 Å². The van der Waals surface area contributed by atoms with Crippen LogP contribution in [0.25, 0.3) is 28.3 Å². The van der Waals surface area contributed by atoms with Gasteiger partial charge in [-0.1, -0.05) is 12.1 Å². The predicted molar refractivity (Wildman–Crippen MR) is 114 cm³/mol. The number of carbonyl (C=O) groups is 1. The number of rotatable bonds is 4. The van der Waals surface area contributed by atoms with E-state index in [1.807, 2.05) is 24.3 Å². The van der Waals surface area contributed by atoms with Gasteiger partial charge in [-0.15, -0.1) is 10.2 Å². The lowest BCUT2D eigenvalue weighted by atomic mass is 10.1. The van der Waals surface area contributed by atoms with E-state index in [1.54, 1.807) is 41.2 Å². The second kappa shape index (κ2) is 7.95. The van der Waals surface area contributed by atoms with E-state index in [4.69, 9.17) is 0 Å². The summed E-state index contributed by atoms with van der Waals surface area (Å²) in [5, 5.41) is 15.6. The summed E-state index contributed by atoms with van der Waals surface area (Å²) in [6, 6.07) is 17.0. The van der Waals surface area contributed by atoms with Crippen LogP contribution in [-0.4, -0.2) is 30.7 Å². The molecule has 0 bridgehead atoms. The van der Waals surface area contributed by atoms with Gasteiger partial charge in [0.15, 0.2) is 11.5 Å². The zero-order valence-corrected chi connectivity index (χ0v) is 16.4. The Hall–Kier alpha value is -4.53. The molecule has 0 unspecified atom stereocenters. The zero-order chi connectivity index (χ0) is 22.1. The lowest BCUT2D eigenvalue weighted by Crippen LogP contribution is -2.13. The number of fused-ring (bicyclic) bond motifs is 1. The average molecular weight is 428 g/mol.